The first kappa shape index (κ1) is 14.7. The minimum Gasteiger partial charge on any atom is -0.481 e. The number of aliphatic carboxylic acids is 1. The molecule has 1 heterocycles. The molecule has 1 aliphatic rings. The van der Waals surface area contributed by atoms with E-state index in [0.717, 1.165) is 0 Å². The third kappa shape index (κ3) is 3.27. The van der Waals surface area contributed by atoms with Gasteiger partial charge < -0.3 is 14.7 Å². The van der Waals surface area contributed by atoms with E-state index in [1.807, 2.05) is 6.07 Å². The average molecular weight is 291 g/mol. The van der Waals surface area contributed by atoms with E-state index in [-0.39, 0.29) is 24.3 Å². The molecule has 0 spiro atoms. The Morgan fingerprint density at radius 3 is 3.00 bits per heavy atom. The number of benzene rings is 1. The van der Waals surface area contributed by atoms with E-state index < -0.39 is 16.9 Å². The molecule has 1 fully saturated rings. The van der Waals surface area contributed by atoms with Crippen molar-refractivity contribution >= 4 is 17.3 Å². The number of carboxylic acid groups (broad SMARTS) is 1. The quantitative estimate of drug-likeness (QED) is 0.653. The third-order valence-electron chi connectivity index (χ3n) is 3.26. The van der Waals surface area contributed by atoms with Gasteiger partial charge in [0.2, 0.25) is 0 Å². The number of ether oxygens (including phenoxy) is 1. The van der Waals surface area contributed by atoms with Gasteiger partial charge in [-0.05, 0) is 6.07 Å². The molecule has 0 saturated carbocycles. The Kier molecular flexibility index (Phi) is 4.35. The molecular formula is C13H13N3O5. The van der Waals surface area contributed by atoms with Crippen LogP contribution in [0.25, 0.3) is 0 Å². The molecule has 21 heavy (non-hydrogen) atoms. The number of nitrogens with zero attached hydrogens (tertiary/aromatic N) is 3. The third-order valence-corrected chi connectivity index (χ3v) is 3.26. The zero-order chi connectivity index (χ0) is 15.4. The fourth-order valence-electron chi connectivity index (χ4n) is 2.32. The lowest BCUT2D eigenvalue weighted by Crippen LogP contribution is -2.47. The second-order valence-electron chi connectivity index (χ2n) is 4.59. The summed E-state index contributed by atoms with van der Waals surface area (Å²) in [6.45, 7) is 1.09. The van der Waals surface area contributed by atoms with Crippen molar-refractivity contribution in [2.45, 2.75) is 12.5 Å². The average Bonchev–Trinajstić information content (AvgIpc) is 2.46. The van der Waals surface area contributed by atoms with E-state index in [1.165, 1.54) is 18.2 Å². The van der Waals surface area contributed by atoms with Crippen LogP contribution in [-0.4, -0.2) is 41.8 Å². The Labute approximate surface area is 120 Å². The Bertz CT molecular complexity index is 610. The van der Waals surface area contributed by atoms with Gasteiger partial charge in [-0.25, -0.2) is 0 Å². The lowest BCUT2D eigenvalue weighted by Gasteiger charge is -2.37. The first-order valence-corrected chi connectivity index (χ1v) is 6.27. The standard InChI is InChI=1S/C13H13N3O5/c14-7-9-5-10(16(19)20)1-2-12(9)15-3-4-21-8-11(15)6-13(17)18/h1-2,5,11H,3-4,6,8H2,(H,17,18). The molecule has 1 aromatic rings. The summed E-state index contributed by atoms with van der Waals surface area (Å²) in [5.41, 5.74) is 0.484. The van der Waals surface area contributed by atoms with Crippen molar-refractivity contribution in [1.82, 2.24) is 0 Å². The number of nitriles is 1. The van der Waals surface area contributed by atoms with Crippen LogP contribution in [0.3, 0.4) is 0 Å². The number of rotatable bonds is 4. The highest BCUT2D eigenvalue weighted by molar-refractivity contribution is 5.70. The van der Waals surface area contributed by atoms with Gasteiger partial charge in [-0.1, -0.05) is 0 Å². The van der Waals surface area contributed by atoms with Crippen molar-refractivity contribution in [2.24, 2.45) is 0 Å². The Morgan fingerprint density at radius 1 is 1.62 bits per heavy atom. The Balaban J connectivity index is 2.36. The highest BCUT2D eigenvalue weighted by Crippen LogP contribution is 2.28. The molecule has 8 heteroatoms. The van der Waals surface area contributed by atoms with Crippen LogP contribution < -0.4 is 4.90 Å². The molecule has 1 aromatic carbocycles. The fraction of sp³-hybridized carbons (Fsp3) is 0.385. The smallest absolute Gasteiger partial charge is 0.305 e. The molecule has 0 radical (unpaired) electrons. The molecule has 0 aromatic heterocycles. The lowest BCUT2D eigenvalue weighted by molar-refractivity contribution is -0.384. The lowest BCUT2D eigenvalue weighted by atomic mass is 10.1. The number of non-ortho nitro benzene ring substituents is 1. The molecule has 2 rings (SSSR count). The number of hydrogen-bond donors (Lipinski definition) is 1. The van der Waals surface area contributed by atoms with E-state index >= 15 is 0 Å². The second-order valence-corrected chi connectivity index (χ2v) is 4.59. The number of hydrogen-bond acceptors (Lipinski definition) is 6. The van der Waals surface area contributed by atoms with Crippen LogP contribution in [0, 0.1) is 21.4 Å². The fourth-order valence-corrected chi connectivity index (χ4v) is 2.32. The summed E-state index contributed by atoms with van der Waals surface area (Å²) in [7, 11) is 0. The van der Waals surface area contributed by atoms with Crippen molar-refractivity contribution < 1.29 is 19.6 Å². The number of morpholine rings is 1. The van der Waals surface area contributed by atoms with Crippen LogP contribution in [0.2, 0.25) is 0 Å². The largest absolute Gasteiger partial charge is 0.481 e. The zero-order valence-electron chi connectivity index (χ0n) is 11.1. The first-order valence-electron chi connectivity index (χ1n) is 6.27. The van der Waals surface area contributed by atoms with Gasteiger partial charge in [0.05, 0.1) is 41.9 Å². The molecule has 1 unspecified atom stereocenters. The summed E-state index contributed by atoms with van der Waals surface area (Å²) in [6.07, 6.45) is -0.123. The number of nitro benzene ring substituents is 1. The van der Waals surface area contributed by atoms with Crippen LogP contribution in [0.15, 0.2) is 18.2 Å². The topological polar surface area (TPSA) is 117 Å². The number of nitro groups is 1. The number of anilines is 1. The summed E-state index contributed by atoms with van der Waals surface area (Å²) in [5, 5.41) is 28.9. The minimum atomic E-state index is -0.962. The summed E-state index contributed by atoms with van der Waals surface area (Å²) < 4.78 is 5.27. The van der Waals surface area contributed by atoms with E-state index in [9.17, 15) is 20.2 Å². The molecule has 1 N–H and O–H groups in total. The van der Waals surface area contributed by atoms with Crippen LogP contribution >= 0.6 is 0 Å². The van der Waals surface area contributed by atoms with Crippen LogP contribution in [0.4, 0.5) is 11.4 Å². The molecule has 1 saturated heterocycles. The van der Waals surface area contributed by atoms with Crippen molar-refractivity contribution in [3.63, 3.8) is 0 Å². The minimum absolute atomic E-state index is 0.123. The molecule has 0 aliphatic carbocycles. The van der Waals surface area contributed by atoms with Gasteiger partial charge in [0, 0.05) is 18.7 Å². The van der Waals surface area contributed by atoms with Gasteiger partial charge in [-0.15, -0.1) is 0 Å². The van der Waals surface area contributed by atoms with Gasteiger partial charge in [0.15, 0.2) is 0 Å². The predicted molar refractivity (Wildman–Crippen MR) is 72.0 cm³/mol. The Morgan fingerprint density at radius 2 is 2.38 bits per heavy atom. The molecule has 110 valence electrons. The van der Waals surface area contributed by atoms with Gasteiger partial charge in [0.1, 0.15) is 6.07 Å². The van der Waals surface area contributed by atoms with Crippen molar-refractivity contribution in [2.75, 3.05) is 24.7 Å². The normalized spacial score (nSPS) is 18.0. The first-order chi connectivity index (χ1) is 10.0. The molecule has 1 atom stereocenters. The Hall–Kier alpha value is -2.66. The van der Waals surface area contributed by atoms with Crippen LogP contribution in [-0.2, 0) is 9.53 Å². The highest BCUT2D eigenvalue weighted by atomic mass is 16.6. The summed E-state index contributed by atoms with van der Waals surface area (Å²) in [5.74, 6) is -0.962. The zero-order valence-corrected chi connectivity index (χ0v) is 11.1. The maximum absolute atomic E-state index is 10.9. The molecular weight excluding hydrogens is 278 g/mol. The maximum Gasteiger partial charge on any atom is 0.305 e. The maximum atomic E-state index is 10.9. The molecule has 0 bridgehead atoms. The number of carboxylic acids is 1. The molecule has 0 amide bonds. The van der Waals surface area contributed by atoms with E-state index in [1.54, 1.807) is 4.90 Å². The van der Waals surface area contributed by atoms with E-state index in [2.05, 4.69) is 0 Å². The summed E-state index contributed by atoms with van der Waals surface area (Å²) in [4.78, 5) is 22.9. The van der Waals surface area contributed by atoms with E-state index in [0.29, 0.717) is 18.8 Å². The number of carbonyl (C=O) groups is 1. The van der Waals surface area contributed by atoms with E-state index in [4.69, 9.17) is 9.84 Å². The van der Waals surface area contributed by atoms with Crippen molar-refractivity contribution in [3.05, 3.63) is 33.9 Å². The molecule has 1 aliphatic heterocycles. The van der Waals surface area contributed by atoms with Crippen LogP contribution in [0.1, 0.15) is 12.0 Å². The van der Waals surface area contributed by atoms with Crippen molar-refractivity contribution in [1.29, 1.82) is 5.26 Å². The predicted octanol–water partition coefficient (Wildman–Crippen LogP) is 1.15. The SMILES string of the molecule is N#Cc1cc([N+](=O)[O-])ccc1N1CCOCC1CC(=O)O. The van der Waals surface area contributed by atoms with Gasteiger partial charge in [-0.2, -0.15) is 5.26 Å². The van der Waals surface area contributed by atoms with Gasteiger partial charge >= 0.3 is 5.97 Å². The second kappa shape index (κ2) is 6.19. The summed E-state index contributed by atoms with van der Waals surface area (Å²) >= 11 is 0. The van der Waals surface area contributed by atoms with Gasteiger partial charge in [0.25, 0.3) is 5.69 Å². The van der Waals surface area contributed by atoms with Crippen LogP contribution in [0.5, 0.6) is 0 Å². The monoisotopic (exact) mass is 291 g/mol. The molecule has 8 nitrogen and oxygen atoms in total. The highest BCUT2D eigenvalue weighted by Gasteiger charge is 2.27. The van der Waals surface area contributed by atoms with Crippen molar-refractivity contribution in [3.8, 4) is 6.07 Å². The van der Waals surface area contributed by atoms with Gasteiger partial charge in [-0.3, -0.25) is 14.9 Å². The summed E-state index contributed by atoms with van der Waals surface area (Å²) in [6, 6.07) is 5.52.